The van der Waals surface area contributed by atoms with Crippen molar-refractivity contribution >= 4 is 17.2 Å². The van der Waals surface area contributed by atoms with Crippen molar-refractivity contribution in [3.63, 3.8) is 0 Å². The summed E-state index contributed by atoms with van der Waals surface area (Å²) in [6, 6.07) is 8.11. The zero-order chi connectivity index (χ0) is 12.1. The van der Waals surface area contributed by atoms with Crippen LogP contribution < -0.4 is 10.5 Å². The molecule has 0 atom stereocenters. The van der Waals surface area contributed by atoms with E-state index in [2.05, 4.69) is 0 Å². The molecule has 1 saturated carbocycles. The average molecular weight is 249 g/mol. The smallest absolute Gasteiger partial charge is 0.119 e. The summed E-state index contributed by atoms with van der Waals surface area (Å²) in [4.78, 5) is 0.533. The highest BCUT2D eigenvalue weighted by Gasteiger charge is 2.14. The van der Waals surface area contributed by atoms with Gasteiger partial charge in [-0.15, -0.1) is 0 Å². The van der Waals surface area contributed by atoms with Gasteiger partial charge in [-0.25, -0.2) is 0 Å². The third-order valence-corrected chi connectivity index (χ3v) is 3.30. The Hall–Kier alpha value is -1.09. The Morgan fingerprint density at radius 2 is 1.82 bits per heavy atom. The summed E-state index contributed by atoms with van der Waals surface area (Å²) < 4.78 is 5.95. The summed E-state index contributed by atoms with van der Waals surface area (Å²) >= 11 is 4.89. The monoisotopic (exact) mass is 249 g/mol. The Kier molecular flexibility index (Phi) is 4.37. The Morgan fingerprint density at radius 3 is 2.41 bits per heavy atom. The van der Waals surface area contributed by atoms with E-state index < -0.39 is 0 Å². The van der Waals surface area contributed by atoms with Gasteiger partial charge in [-0.05, 0) is 43.4 Å². The predicted molar refractivity (Wildman–Crippen MR) is 74.4 cm³/mol. The molecule has 0 amide bonds. The summed E-state index contributed by atoms with van der Waals surface area (Å²) in [7, 11) is 0. The number of hydrogen-bond donors (Lipinski definition) is 1. The molecule has 1 fully saturated rings. The lowest BCUT2D eigenvalue weighted by Crippen LogP contribution is -2.19. The highest BCUT2D eigenvalue weighted by molar-refractivity contribution is 7.80. The van der Waals surface area contributed by atoms with Gasteiger partial charge in [0.25, 0.3) is 0 Å². The molecule has 0 heterocycles. The first-order valence-corrected chi connectivity index (χ1v) is 6.69. The molecule has 2 rings (SSSR count). The maximum absolute atomic E-state index is 5.95. The maximum Gasteiger partial charge on any atom is 0.119 e. The number of ether oxygens (including phenoxy) is 1. The van der Waals surface area contributed by atoms with Gasteiger partial charge in [0.05, 0.1) is 11.1 Å². The zero-order valence-electron chi connectivity index (χ0n) is 10.0. The van der Waals surface area contributed by atoms with Crippen molar-refractivity contribution in [3.8, 4) is 5.75 Å². The predicted octanol–water partition coefficient (Wildman–Crippen LogP) is 3.23. The van der Waals surface area contributed by atoms with E-state index in [1.54, 1.807) is 0 Å². The van der Waals surface area contributed by atoms with Gasteiger partial charge >= 0.3 is 0 Å². The fraction of sp³-hybridized carbons (Fsp3) is 0.500. The summed E-state index contributed by atoms with van der Waals surface area (Å²) in [5.41, 5.74) is 6.66. The summed E-state index contributed by atoms with van der Waals surface area (Å²) in [6.07, 6.45) is 7.40. The second-order valence-corrected chi connectivity index (χ2v) is 5.19. The van der Waals surface area contributed by atoms with Crippen molar-refractivity contribution < 1.29 is 4.74 Å². The number of hydrogen-bond acceptors (Lipinski definition) is 2. The highest BCUT2D eigenvalue weighted by Crippen LogP contribution is 2.23. The normalized spacial score (nSPS) is 16.7. The van der Waals surface area contributed by atoms with Crippen molar-refractivity contribution in [3.05, 3.63) is 29.8 Å². The van der Waals surface area contributed by atoms with Crippen molar-refractivity contribution in [1.29, 1.82) is 0 Å². The topological polar surface area (TPSA) is 35.2 Å². The van der Waals surface area contributed by atoms with Crippen molar-refractivity contribution in [2.45, 2.75) is 44.6 Å². The van der Waals surface area contributed by atoms with Crippen LogP contribution in [-0.4, -0.2) is 11.1 Å². The lowest BCUT2D eigenvalue weighted by molar-refractivity contribution is 0.155. The van der Waals surface area contributed by atoms with Crippen LogP contribution in [0.25, 0.3) is 0 Å². The second-order valence-electron chi connectivity index (χ2n) is 4.66. The van der Waals surface area contributed by atoms with Gasteiger partial charge in [0, 0.05) is 6.42 Å². The first-order valence-electron chi connectivity index (χ1n) is 6.28. The van der Waals surface area contributed by atoms with Gasteiger partial charge in [0.15, 0.2) is 0 Å². The SMILES string of the molecule is NC(=S)Cc1ccc(OC2CCCCC2)cc1. The Morgan fingerprint density at radius 1 is 1.18 bits per heavy atom. The molecule has 0 aliphatic heterocycles. The standard InChI is InChI=1S/C14H19NOS/c15-14(17)10-11-6-8-13(9-7-11)16-12-4-2-1-3-5-12/h6-9,12H,1-5,10H2,(H2,15,17). The van der Waals surface area contributed by atoms with E-state index in [9.17, 15) is 0 Å². The number of rotatable bonds is 4. The van der Waals surface area contributed by atoms with Crippen LogP contribution in [0.5, 0.6) is 5.75 Å². The van der Waals surface area contributed by atoms with Crippen LogP contribution in [0.1, 0.15) is 37.7 Å². The van der Waals surface area contributed by atoms with Crippen molar-refractivity contribution in [2.24, 2.45) is 5.73 Å². The van der Waals surface area contributed by atoms with Gasteiger partial charge in [0.1, 0.15) is 5.75 Å². The Balaban J connectivity index is 1.90. The summed E-state index contributed by atoms with van der Waals surface area (Å²) in [6.45, 7) is 0. The maximum atomic E-state index is 5.95. The molecule has 0 radical (unpaired) electrons. The molecule has 0 aromatic heterocycles. The summed E-state index contributed by atoms with van der Waals surface area (Å²) in [5, 5.41) is 0. The van der Waals surface area contributed by atoms with Gasteiger partial charge in [-0.3, -0.25) is 0 Å². The molecule has 0 bridgehead atoms. The molecule has 0 unspecified atom stereocenters. The fourth-order valence-electron chi connectivity index (χ4n) is 2.26. The number of thiocarbonyl (C=S) groups is 1. The zero-order valence-corrected chi connectivity index (χ0v) is 10.8. The minimum Gasteiger partial charge on any atom is -0.490 e. The quantitative estimate of drug-likeness (QED) is 0.832. The van der Waals surface area contributed by atoms with Crippen LogP contribution in [0.2, 0.25) is 0 Å². The van der Waals surface area contributed by atoms with E-state index in [0.717, 1.165) is 11.3 Å². The van der Waals surface area contributed by atoms with E-state index in [4.69, 9.17) is 22.7 Å². The lowest BCUT2D eigenvalue weighted by Gasteiger charge is -2.23. The van der Waals surface area contributed by atoms with Crippen LogP contribution in [0.4, 0.5) is 0 Å². The molecule has 17 heavy (non-hydrogen) atoms. The number of nitrogens with two attached hydrogens (primary N) is 1. The minimum absolute atomic E-state index is 0.408. The molecule has 0 saturated heterocycles. The molecule has 1 aromatic carbocycles. The molecule has 0 spiro atoms. The largest absolute Gasteiger partial charge is 0.490 e. The molecule has 1 aliphatic carbocycles. The minimum atomic E-state index is 0.408. The average Bonchev–Trinajstić information content (AvgIpc) is 2.32. The molecule has 1 aliphatic rings. The second kappa shape index (κ2) is 6.01. The van der Waals surface area contributed by atoms with Crippen LogP contribution in [0.15, 0.2) is 24.3 Å². The Bertz CT molecular complexity index is 368. The van der Waals surface area contributed by atoms with Gasteiger partial charge in [0.2, 0.25) is 0 Å². The highest BCUT2D eigenvalue weighted by atomic mass is 32.1. The Labute approximate surface area is 108 Å². The van der Waals surface area contributed by atoms with Crippen LogP contribution >= 0.6 is 12.2 Å². The third kappa shape index (κ3) is 4.00. The molecular weight excluding hydrogens is 230 g/mol. The molecule has 3 heteroatoms. The third-order valence-electron chi connectivity index (χ3n) is 3.16. The lowest BCUT2D eigenvalue weighted by atomic mass is 9.98. The van der Waals surface area contributed by atoms with E-state index in [1.165, 1.54) is 32.1 Å². The summed E-state index contributed by atoms with van der Waals surface area (Å²) in [5.74, 6) is 0.962. The van der Waals surface area contributed by atoms with Gasteiger partial charge < -0.3 is 10.5 Å². The first-order chi connectivity index (χ1) is 8.24. The van der Waals surface area contributed by atoms with Crippen LogP contribution in [0, 0.1) is 0 Å². The van der Waals surface area contributed by atoms with E-state index >= 15 is 0 Å². The van der Waals surface area contributed by atoms with E-state index in [1.807, 2.05) is 24.3 Å². The molecule has 2 N–H and O–H groups in total. The molecule has 2 nitrogen and oxygen atoms in total. The van der Waals surface area contributed by atoms with Crippen LogP contribution in [-0.2, 0) is 6.42 Å². The molecule has 92 valence electrons. The first kappa shape index (κ1) is 12.4. The van der Waals surface area contributed by atoms with Crippen molar-refractivity contribution in [2.75, 3.05) is 0 Å². The van der Waals surface area contributed by atoms with Gasteiger partial charge in [-0.1, -0.05) is 30.8 Å². The van der Waals surface area contributed by atoms with E-state index in [0.29, 0.717) is 17.5 Å². The van der Waals surface area contributed by atoms with Crippen LogP contribution in [0.3, 0.4) is 0 Å². The van der Waals surface area contributed by atoms with Gasteiger partial charge in [-0.2, -0.15) is 0 Å². The van der Waals surface area contributed by atoms with Crippen molar-refractivity contribution in [1.82, 2.24) is 0 Å². The molecular formula is C14H19NOS. The fourth-order valence-corrected chi connectivity index (χ4v) is 2.43. The van der Waals surface area contributed by atoms with E-state index in [-0.39, 0.29) is 0 Å². The number of benzene rings is 1. The molecule has 1 aromatic rings.